The second-order valence-corrected chi connectivity index (χ2v) is 30.5. The van der Waals surface area contributed by atoms with E-state index in [2.05, 4.69) is 98.9 Å². The Labute approximate surface area is 596 Å². The fourth-order valence-corrected chi connectivity index (χ4v) is 12.9. The summed E-state index contributed by atoms with van der Waals surface area (Å²) in [6.45, 7) is 4.18. The quantitative estimate of drug-likeness (QED) is 0.0195. The lowest BCUT2D eigenvalue weighted by molar-refractivity contribution is -0.870. The van der Waals surface area contributed by atoms with Crippen molar-refractivity contribution in [1.29, 1.82) is 0 Å². The van der Waals surface area contributed by atoms with Crippen molar-refractivity contribution in [2.75, 3.05) is 47.5 Å². The number of hydrogen-bond acceptors (Lipinski definition) is 8. The van der Waals surface area contributed by atoms with Crippen molar-refractivity contribution in [2.45, 2.75) is 405 Å². The standard InChI is InChI=1S/C86H158NO8P/c1-6-8-10-12-14-16-18-20-22-24-26-28-30-32-34-36-38-39-40-41-42-43-44-45-46-47-49-51-53-55-57-59-61-63-65-67-69-71-73-75-77-79-86(89)95-84(83-94-96(90,91)93-81-80-87(3,4)5)82-92-85(88)78-76-74-72-70-68-66-64-62-60-58-56-54-52-50-48-37-35-33-31-29-27-25-23-21-19-17-15-13-11-9-7-2/h8,10,14,16,19-22,25-28,32,34,84H,6-7,9,11-13,15,17-18,23-24,29-31,33,35-83H2,1-5H3/b10-8-,16-14-,21-19-,22-20-,27-25-,28-26-,34-32-. The number of nitrogens with zero attached hydrogens (tertiary/aromatic N) is 1. The first-order chi connectivity index (χ1) is 47.0. The van der Waals surface area contributed by atoms with Crippen LogP contribution in [0.25, 0.3) is 0 Å². The maximum atomic E-state index is 12.9. The van der Waals surface area contributed by atoms with E-state index in [-0.39, 0.29) is 32.0 Å². The highest BCUT2D eigenvalue weighted by Crippen LogP contribution is 2.38. The number of carbonyl (C=O) groups is 2. The Kier molecular flexibility index (Phi) is 74.1. The average Bonchev–Trinajstić information content (AvgIpc) is 2.54. The van der Waals surface area contributed by atoms with Gasteiger partial charge in [0.2, 0.25) is 0 Å². The van der Waals surface area contributed by atoms with E-state index in [0.29, 0.717) is 17.4 Å². The molecular weight excluding hydrogens is 1210 g/mol. The van der Waals surface area contributed by atoms with Crippen LogP contribution in [0.5, 0.6) is 0 Å². The summed E-state index contributed by atoms with van der Waals surface area (Å²) in [5.41, 5.74) is 0. The number of phosphoric ester groups is 1. The summed E-state index contributed by atoms with van der Waals surface area (Å²) in [4.78, 5) is 38.2. The molecule has 0 amide bonds. The number of phosphoric acid groups is 1. The van der Waals surface area contributed by atoms with Crippen molar-refractivity contribution in [3.8, 4) is 0 Å². The molecule has 0 heterocycles. The lowest BCUT2D eigenvalue weighted by atomic mass is 10.0. The van der Waals surface area contributed by atoms with Gasteiger partial charge < -0.3 is 27.9 Å². The third-order valence-corrected chi connectivity index (χ3v) is 19.4. The smallest absolute Gasteiger partial charge is 0.306 e. The molecule has 0 aromatic carbocycles. The molecule has 0 spiro atoms. The molecular formula is C86H158NO8P. The summed E-state index contributed by atoms with van der Waals surface area (Å²) < 4.78 is 34.4. The molecule has 0 bridgehead atoms. The third kappa shape index (κ3) is 80.2. The Hall–Kier alpha value is -2.81. The van der Waals surface area contributed by atoms with E-state index in [1.165, 1.54) is 295 Å². The summed E-state index contributed by atoms with van der Waals surface area (Å²) in [5, 5.41) is 0. The van der Waals surface area contributed by atoms with Gasteiger partial charge in [-0.15, -0.1) is 0 Å². The van der Waals surface area contributed by atoms with E-state index >= 15 is 0 Å². The number of rotatable bonds is 77. The van der Waals surface area contributed by atoms with Gasteiger partial charge in [0, 0.05) is 12.8 Å². The highest BCUT2D eigenvalue weighted by atomic mass is 31.2. The van der Waals surface area contributed by atoms with E-state index < -0.39 is 26.5 Å². The molecule has 2 atom stereocenters. The van der Waals surface area contributed by atoms with Crippen LogP contribution in [-0.4, -0.2) is 70.0 Å². The summed E-state index contributed by atoms with van der Waals surface area (Å²) in [7, 11) is 1.18. The summed E-state index contributed by atoms with van der Waals surface area (Å²) in [6, 6.07) is 0. The molecule has 0 saturated heterocycles. The molecule has 560 valence electrons. The zero-order chi connectivity index (χ0) is 69.7. The lowest BCUT2D eigenvalue weighted by Gasteiger charge is -2.28. The molecule has 10 heteroatoms. The van der Waals surface area contributed by atoms with Gasteiger partial charge in [0.25, 0.3) is 7.82 Å². The van der Waals surface area contributed by atoms with Gasteiger partial charge in [-0.05, 0) is 89.9 Å². The molecule has 0 N–H and O–H groups in total. The first-order valence-corrected chi connectivity index (χ1v) is 42.8. The van der Waals surface area contributed by atoms with E-state index in [9.17, 15) is 19.0 Å². The number of hydrogen-bond donors (Lipinski definition) is 0. The van der Waals surface area contributed by atoms with Gasteiger partial charge in [0.1, 0.15) is 19.8 Å². The third-order valence-electron chi connectivity index (χ3n) is 18.4. The molecule has 0 rings (SSSR count). The van der Waals surface area contributed by atoms with Crippen LogP contribution in [-0.2, 0) is 32.7 Å². The first-order valence-electron chi connectivity index (χ1n) is 41.3. The predicted molar refractivity (Wildman–Crippen MR) is 416 cm³/mol. The largest absolute Gasteiger partial charge is 0.756 e. The molecule has 0 aliphatic rings. The lowest BCUT2D eigenvalue weighted by Crippen LogP contribution is -2.37. The zero-order valence-electron chi connectivity index (χ0n) is 64.1. The van der Waals surface area contributed by atoms with Gasteiger partial charge in [0.05, 0.1) is 27.7 Å². The number of esters is 2. The second-order valence-electron chi connectivity index (χ2n) is 29.1. The van der Waals surface area contributed by atoms with Gasteiger partial charge in [0.15, 0.2) is 6.10 Å². The zero-order valence-corrected chi connectivity index (χ0v) is 65.0. The van der Waals surface area contributed by atoms with Crippen LogP contribution in [0.3, 0.4) is 0 Å². The molecule has 0 fully saturated rings. The van der Waals surface area contributed by atoms with Gasteiger partial charge in [-0.1, -0.05) is 381 Å². The number of unbranched alkanes of at least 4 members (excludes halogenated alkanes) is 49. The van der Waals surface area contributed by atoms with Crippen LogP contribution in [0.4, 0.5) is 0 Å². The van der Waals surface area contributed by atoms with Crippen molar-refractivity contribution in [3.05, 3.63) is 85.1 Å². The van der Waals surface area contributed by atoms with Crippen LogP contribution in [0.15, 0.2) is 85.1 Å². The second kappa shape index (κ2) is 76.4. The SMILES string of the molecule is CC/C=C\C/C=C\C/C=C\C/C=C\C/C=C\CCCCCCCCCCCCCCCCCCCCCCCCCCCC(=O)OC(COC(=O)CCCCCCCCCCCCCCCCCCCCC/C=C\C/C=C\CCCCCCC)COP(=O)([O-])OCC[N+](C)(C)C. The minimum Gasteiger partial charge on any atom is -0.756 e. The van der Waals surface area contributed by atoms with Crippen LogP contribution < -0.4 is 4.89 Å². The van der Waals surface area contributed by atoms with E-state index in [1.807, 2.05) is 21.1 Å². The van der Waals surface area contributed by atoms with Crippen molar-refractivity contribution >= 4 is 19.8 Å². The van der Waals surface area contributed by atoms with E-state index in [1.54, 1.807) is 0 Å². The fourth-order valence-electron chi connectivity index (χ4n) is 12.1. The summed E-state index contributed by atoms with van der Waals surface area (Å²) >= 11 is 0. The number of carbonyl (C=O) groups excluding carboxylic acids is 2. The Morgan fingerprint density at radius 3 is 0.885 bits per heavy atom. The minimum absolute atomic E-state index is 0.0293. The molecule has 0 aliphatic carbocycles. The van der Waals surface area contributed by atoms with Crippen LogP contribution in [0.1, 0.15) is 399 Å². The summed E-state index contributed by atoms with van der Waals surface area (Å²) in [6.07, 6.45) is 106. The molecule has 2 unspecified atom stereocenters. The Morgan fingerprint density at radius 1 is 0.333 bits per heavy atom. The van der Waals surface area contributed by atoms with Crippen molar-refractivity contribution in [3.63, 3.8) is 0 Å². The predicted octanol–water partition coefficient (Wildman–Crippen LogP) is 27.0. The van der Waals surface area contributed by atoms with Crippen molar-refractivity contribution < 1.29 is 42.1 Å². The topological polar surface area (TPSA) is 111 Å². The molecule has 0 saturated carbocycles. The number of allylic oxidation sites excluding steroid dienone is 14. The van der Waals surface area contributed by atoms with Gasteiger partial charge in [-0.25, -0.2) is 0 Å². The van der Waals surface area contributed by atoms with Crippen LogP contribution in [0, 0.1) is 0 Å². The van der Waals surface area contributed by atoms with E-state index in [0.717, 1.165) is 70.6 Å². The minimum atomic E-state index is -4.65. The fraction of sp³-hybridized carbons (Fsp3) is 0.814. The summed E-state index contributed by atoms with van der Waals surface area (Å²) in [5.74, 6) is -0.811. The Morgan fingerprint density at radius 2 is 0.594 bits per heavy atom. The van der Waals surface area contributed by atoms with Gasteiger partial charge >= 0.3 is 11.9 Å². The maximum Gasteiger partial charge on any atom is 0.306 e. The van der Waals surface area contributed by atoms with Gasteiger partial charge in [-0.2, -0.15) is 0 Å². The monoisotopic (exact) mass is 1360 g/mol. The molecule has 0 aromatic heterocycles. The van der Waals surface area contributed by atoms with Crippen molar-refractivity contribution in [1.82, 2.24) is 0 Å². The highest BCUT2D eigenvalue weighted by molar-refractivity contribution is 7.45. The number of likely N-dealkylation sites (N-methyl/N-ethyl adjacent to an activating group) is 1. The number of ether oxygens (including phenoxy) is 2. The van der Waals surface area contributed by atoms with Gasteiger partial charge in [-0.3, -0.25) is 14.2 Å². The normalized spacial score (nSPS) is 13.4. The van der Waals surface area contributed by atoms with Crippen LogP contribution in [0.2, 0.25) is 0 Å². The Balaban J connectivity index is 3.89. The van der Waals surface area contributed by atoms with Crippen LogP contribution >= 0.6 is 7.82 Å². The molecule has 0 aliphatic heterocycles. The molecule has 0 radical (unpaired) electrons. The molecule has 9 nitrogen and oxygen atoms in total. The maximum absolute atomic E-state index is 12.9. The van der Waals surface area contributed by atoms with E-state index in [4.69, 9.17) is 18.5 Å². The first kappa shape index (κ1) is 93.2. The Bertz CT molecular complexity index is 1900. The molecule has 96 heavy (non-hydrogen) atoms. The average molecular weight is 1370 g/mol. The molecule has 0 aromatic rings. The van der Waals surface area contributed by atoms with Crippen molar-refractivity contribution in [2.24, 2.45) is 0 Å². The highest BCUT2D eigenvalue weighted by Gasteiger charge is 2.22. The number of quaternary nitrogens is 1.